The van der Waals surface area contributed by atoms with E-state index in [-0.39, 0.29) is 17.2 Å². The van der Waals surface area contributed by atoms with Crippen LogP contribution in [0.4, 0.5) is 4.39 Å². The lowest BCUT2D eigenvalue weighted by atomic mass is 10.2. The molecule has 2 aromatic rings. The Hall–Kier alpha value is -1.22. The Morgan fingerprint density at radius 2 is 2.16 bits per heavy atom. The molecule has 0 aliphatic rings. The van der Waals surface area contributed by atoms with E-state index < -0.39 is 11.8 Å². The predicted octanol–water partition coefficient (Wildman–Crippen LogP) is 4.08. The molecule has 2 rings (SSSR count). The van der Waals surface area contributed by atoms with Crippen LogP contribution in [0.1, 0.15) is 10.4 Å². The molecule has 0 radical (unpaired) electrons. The highest BCUT2D eigenvalue weighted by Gasteiger charge is 2.15. The Morgan fingerprint density at radius 1 is 1.42 bits per heavy atom. The van der Waals surface area contributed by atoms with E-state index >= 15 is 0 Å². The molecule has 0 fully saturated rings. The van der Waals surface area contributed by atoms with Gasteiger partial charge in [0.15, 0.2) is 5.82 Å². The number of aromatic carboxylic acids is 1. The maximum atomic E-state index is 13.6. The van der Waals surface area contributed by atoms with Gasteiger partial charge in [-0.25, -0.2) is 14.2 Å². The van der Waals surface area contributed by atoms with Crippen molar-refractivity contribution < 1.29 is 19.0 Å². The van der Waals surface area contributed by atoms with E-state index in [1.165, 1.54) is 24.4 Å². The normalized spacial score (nSPS) is 10.3. The second-order valence-corrected chi connectivity index (χ2v) is 5.65. The van der Waals surface area contributed by atoms with Crippen LogP contribution in [0.15, 0.2) is 34.9 Å². The van der Waals surface area contributed by atoms with Crippen LogP contribution in [-0.4, -0.2) is 16.1 Å². The molecular weight excluding hydrogens is 432 g/mol. The van der Waals surface area contributed by atoms with Crippen molar-refractivity contribution >= 4 is 44.5 Å². The molecule has 0 aliphatic heterocycles. The first-order chi connectivity index (χ1) is 8.97. The van der Waals surface area contributed by atoms with Crippen LogP contribution in [0.3, 0.4) is 0 Å². The van der Waals surface area contributed by atoms with Crippen LogP contribution < -0.4 is 4.74 Å². The molecule has 0 bridgehead atoms. The fraction of sp³-hybridized carbons (Fsp3) is 0. The summed E-state index contributed by atoms with van der Waals surface area (Å²) in [6, 6.07) is 5.76. The summed E-state index contributed by atoms with van der Waals surface area (Å²) in [6.45, 7) is 0. The number of halogens is 3. The number of rotatable bonds is 3. The predicted molar refractivity (Wildman–Crippen MR) is 78.1 cm³/mol. The molecule has 0 amide bonds. The van der Waals surface area contributed by atoms with Gasteiger partial charge in [-0.1, -0.05) is 0 Å². The molecule has 0 spiro atoms. The molecule has 0 saturated heterocycles. The number of hydrogen-bond donors (Lipinski definition) is 1. The molecular formula is C12H6BrFINO3. The van der Waals surface area contributed by atoms with Gasteiger partial charge < -0.3 is 9.84 Å². The number of carboxylic acid groups (broad SMARTS) is 1. The minimum absolute atomic E-state index is 0.0432. The van der Waals surface area contributed by atoms with Gasteiger partial charge in [0.05, 0.1) is 0 Å². The van der Waals surface area contributed by atoms with Gasteiger partial charge in [-0.2, -0.15) is 0 Å². The van der Waals surface area contributed by atoms with Gasteiger partial charge in [0, 0.05) is 14.2 Å². The van der Waals surface area contributed by atoms with Crippen LogP contribution in [0.25, 0.3) is 0 Å². The quantitative estimate of drug-likeness (QED) is 0.735. The summed E-state index contributed by atoms with van der Waals surface area (Å²) in [5.74, 6) is -2.05. The third kappa shape index (κ3) is 3.41. The van der Waals surface area contributed by atoms with Gasteiger partial charge in [0.2, 0.25) is 0 Å². The molecule has 1 heterocycles. The van der Waals surface area contributed by atoms with Crippen molar-refractivity contribution in [3.8, 4) is 11.6 Å². The highest BCUT2D eigenvalue weighted by atomic mass is 127. The average Bonchev–Trinajstić information content (AvgIpc) is 2.34. The van der Waals surface area contributed by atoms with E-state index in [4.69, 9.17) is 9.84 Å². The highest BCUT2D eigenvalue weighted by molar-refractivity contribution is 14.1. The average molecular weight is 438 g/mol. The zero-order valence-corrected chi connectivity index (χ0v) is 13.0. The lowest BCUT2D eigenvalue weighted by Gasteiger charge is -2.09. The van der Waals surface area contributed by atoms with Crippen LogP contribution in [0.5, 0.6) is 11.6 Å². The van der Waals surface area contributed by atoms with E-state index in [0.717, 1.165) is 3.57 Å². The zero-order valence-electron chi connectivity index (χ0n) is 9.23. The molecule has 98 valence electrons. The molecule has 0 unspecified atom stereocenters. The molecule has 19 heavy (non-hydrogen) atoms. The van der Waals surface area contributed by atoms with E-state index in [0.29, 0.717) is 4.47 Å². The van der Waals surface area contributed by atoms with Crippen molar-refractivity contribution in [1.82, 2.24) is 4.98 Å². The highest BCUT2D eigenvalue weighted by Crippen LogP contribution is 2.28. The first kappa shape index (κ1) is 14.2. The second kappa shape index (κ2) is 5.83. The van der Waals surface area contributed by atoms with Gasteiger partial charge in [-0.3, -0.25) is 0 Å². The van der Waals surface area contributed by atoms with Crippen LogP contribution >= 0.6 is 38.5 Å². The van der Waals surface area contributed by atoms with Crippen LogP contribution in [0, 0.1) is 9.39 Å². The number of aromatic nitrogens is 1. The Kier molecular flexibility index (Phi) is 4.35. The fourth-order valence-corrected chi connectivity index (χ4v) is 2.13. The first-order valence-corrected chi connectivity index (χ1v) is 6.86. The lowest BCUT2D eigenvalue weighted by molar-refractivity contribution is 0.0694. The topological polar surface area (TPSA) is 59.4 Å². The van der Waals surface area contributed by atoms with E-state index in [1.807, 2.05) is 22.6 Å². The molecule has 1 N–H and O–H groups in total. The Morgan fingerprint density at radius 3 is 2.79 bits per heavy atom. The maximum absolute atomic E-state index is 13.6. The summed E-state index contributed by atoms with van der Waals surface area (Å²) in [5.41, 5.74) is -0.0454. The molecule has 4 nitrogen and oxygen atoms in total. The summed E-state index contributed by atoms with van der Waals surface area (Å²) < 4.78 is 20.0. The monoisotopic (exact) mass is 437 g/mol. The summed E-state index contributed by atoms with van der Waals surface area (Å²) in [4.78, 5) is 14.9. The standard InChI is InChI=1S/C12H6BrFINO3/c13-6-3-9(14)11(16-5-6)19-10-2-1-7(15)4-8(10)12(17)18/h1-5H,(H,17,18). The van der Waals surface area contributed by atoms with E-state index in [1.54, 1.807) is 6.07 Å². The molecule has 1 aromatic heterocycles. The van der Waals surface area contributed by atoms with Gasteiger partial charge >= 0.3 is 5.97 Å². The van der Waals surface area contributed by atoms with E-state index in [9.17, 15) is 9.18 Å². The summed E-state index contributed by atoms with van der Waals surface area (Å²) >= 11 is 5.06. The van der Waals surface area contributed by atoms with Crippen molar-refractivity contribution in [1.29, 1.82) is 0 Å². The molecule has 7 heteroatoms. The molecule has 0 saturated carbocycles. The number of hydrogen-bond acceptors (Lipinski definition) is 3. The number of pyridine rings is 1. The van der Waals surface area contributed by atoms with Crippen LogP contribution in [0.2, 0.25) is 0 Å². The third-order valence-electron chi connectivity index (χ3n) is 2.15. The van der Waals surface area contributed by atoms with Crippen molar-refractivity contribution in [2.75, 3.05) is 0 Å². The smallest absolute Gasteiger partial charge is 0.339 e. The third-order valence-corrected chi connectivity index (χ3v) is 3.26. The summed E-state index contributed by atoms with van der Waals surface area (Å²) in [5, 5.41) is 9.08. The van der Waals surface area contributed by atoms with Gasteiger partial charge in [0.1, 0.15) is 11.3 Å². The van der Waals surface area contributed by atoms with E-state index in [2.05, 4.69) is 20.9 Å². The number of benzene rings is 1. The Labute approximate surface area is 129 Å². The number of carbonyl (C=O) groups is 1. The van der Waals surface area contributed by atoms with Gasteiger partial charge in [-0.05, 0) is 62.8 Å². The van der Waals surface area contributed by atoms with Crippen molar-refractivity contribution in [2.45, 2.75) is 0 Å². The Bertz CT molecular complexity index is 651. The Balaban J connectivity index is 2.40. The number of nitrogens with zero attached hydrogens (tertiary/aromatic N) is 1. The maximum Gasteiger partial charge on any atom is 0.339 e. The number of carboxylic acids is 1. The fourth-order valence-electron chi connectivity index (χ4n) is 1.34. The number of ether oxygens (including phenoxy) is 1. The zero-order chi connectivity index (χ0) is 14.0. The second-order valence-electron chi connectivity index (χ2n) is 3.49. The van der Waals surface area contributed by atoms with Crippen molar-refractivity contribution in [3.63, 3.8) is 0 Å². The largest absolute Gasteiger partial charge is 0.478 e. The van der Waals surface area contributed by atoms with Crippen molar-refractivity contribution in [3.05, 3.63) is 49.9 Å². The first-order valence-electron chi connectivity index (χ1n) is 4.99. The lowest BCUT2D eigenvalue weighted by Crippen LogP contribution is -2.02. The molecule has 0 atom stereocenters. The van der Waals surface area contributed by atoms with Crippen molar-refractivity contribution in [2.24, 2.45) is 0 Å². The SMILES string of the molecule is O=C(O)c1cc(I)ccc1Oc1ncc(Br)cc1F. The minimum Gasteiger partial charge on any atom is -0.478 e. The minimum atomic E-state index is -1.15. The summed E-state index contributed by atoms with van der Waals surface area (Å²) in [6.07, 6.45) is 1.37. The summed E-state index contributed by atoms with van der Waals surface area (Å²) in [7, 11) is 0. The molecule has 1 aromatic carbocycles. The van der Waals surface area contributed by atoms with Crippen LogP contribution in [-0.2, 0) is 0 Å². The van der Waals surface area contributed by atoms with Gasteiger partial charge in [-0.15, -0.1) is 0 Å². The van der Waals surface area contributed by atoms with Gasteiger partial charge in [0.25, 0.3) is 5.88 Å². The molecule has 0 aliphatic carbocycles.